The summed E-state index contributed by atoms with van der Waals surface area (Å²) in [7, 11) is 10.0. The zero-order valence-corrected chi connectivity index (χ0v) is 20.9. The maximum atomic E-state index is 4.36. The van der Waals surface area contributed by atoms with Crippen LogP contribution >= 0.6 is 0 Å². The summed E-state index contributed by atoms with van der Waals surface area (Å²) in [5.74, 6) is 1.50. The van der Waals surface area contributed by atoms with Gasteiger partial charge in [0.05, 0.1) is 45.9 Å². The summed E-state index contributed by atoms with van der Waals surface area (Å²) in [5, 5.41) is 17.3. The molecule has 0 spiro atoms. The number of aromatic amines is 1. The molecule has 0 radical (unpaired) electrons. The number of H-pyrrole nitrogens is 1. The SMILES string of the molecule is CN(CCN(C)c1ccc(/N=N/c2n(C)cc[n+]2C)cc1)c1ccc(/N=N/c2[nH]cc[n+]2C)cc1. The van der Waals surface area contributed by atoms with Gasteiger partial charge >= 0.3 is 11.9 Å². The van der Waals surface area contributed by atoms with Crippen LogP contribution in [-0.4, -0.2) is 36.7 Å². The molecule has 0 aliphatic carbocycles. The fourth-order valence-electron chi connectivity index (χ4n) is 3.53. The normalized spacial score (nSPS) is 11.6. The first-order chi connectivity index (χ1) is 16.9. The highest BCUT2D eigenvalue weighted by atomic mass is 15.3. The molecule has 0 amide bonds. The lowest BCUT2D eigenvalue weighted by molar-refractivity contribution is -0.657. The molecule has 4 rings (SSSR count). The maximum Gasteiger partial charge on any atom is 0.421 e. The maximum absolute atomic E-state index is 4.36. The minimum Gasteiger partial charge on any atom is -0.373 e. The largest absolute Gasteiger partial charge is 0.421 e. The molecule has 180 valence electrons. The Bertz CT molecular complexity index is 1280. The monoisotopic (exact) mass is 472 g/mol. The minimum atomic E-state index is 0.704. The predicted octanol–water partition coefficient (Wildman–Crippen LogP) is 4.41. The zero-order valence-electron chi connectivity index (χ0n) is 20.9. The molecule has 0 saturated carbocycles. The number of likely N-dealkylation sites (N-methyl/N-ethyl adjacent to an activating group) is 2. The van der Waals surface area contributed by atoms with Crippen LogP contribution < -0.4 is 18.9 Å². The Balaban J connectivity index is 1.29. The second-order valence-corrected chi connectivity index (χ2v) is 8.49. The number of hydrogen-bond donors (Lipinski definition) is 1. The molecule has 0 aliphatic rings. The van der Waals surface area contributed by atoms with Crippen molar-refractivity contribution in [1.82, 2.24) is 9.55 Å². The van der Waals surface area contributed by atoms with Gasteiger partial charge in [-0.2, -0.15) is 0 Å². The van der Waals surface area contributed by atoms with Crippen LogP contribution in [0.5, 0.6) is 0 Å². The zero-order chi connectivity index (χ0) is 24.8. The van der Waals surface area contributed by atoms with Crippen LogP contribution in [0.4, 0.5) is 34.6 Å². The minimum absolute atomic E-state index is 0.704. The van der Waals surface area contributed by atoms with E-state index in [9.17, 15) is 0 Å². The lowest BCUT2D eigenvalue weighted by atomic mass is 10.2. The van der Waals surface area contributed by atoms with Crippen molar-refractivity contribution >= 4 is 34.6 Å². The Kier molecular flexibility index (Phi) is 7.30. The molecule has 2 aromatic heterocycles. The van der Waals surface area contributed by atoms with E-state index in [4.69, 9.17) is 0 Å². The van der Waals surface area contributed by atoms with E-state index >= 15 is 0 Å². The fraction of sp³-hybridized carbons (Fsp3) is 0.280. The van der Waals surface area contributed by atoms with Gasteiger partial charge in [-0.05, 0) is 48.5 Å². The van der Waals surface area contributed by atoms with Crippen LogP contribution in [0.15, 0.2) is 93.8 Å². The Morgan fingerprint density at radius 1 is 0.743 bits per heavy atom. The first-order valence-corrected chi connectivity index (χ1v) is 11.4. The van der Waals surface area contributed by atoms with Gasteiger partial charge < -0.3 is 9.80 Å². The number of aromatic nitrogens is 4. The van der Waals surface area contributed by atoms with E-state index in [1.165, 1.54) is 0 Å². The third kappa shape index (κ3) is 5.97. The predicted molar refractivity (Wildman–Crippen MR) is 136 cm³/mol. The van der Waals surface area contributed by atoms with Crippen molar-refractivity contribution in [3.05, 3.63) is 73.3 Å². The van der Waals surface area contributed by atoms with Gasteiger partial charge in [0, 0.05) is 48.8 Å². The first-order valence-electron chi connectivity index (χ1n) is 11.4. The standard InChI is InChI=1S/C25H31N10/c1-31(22-10-6-20(7-11-22)27-29-24-26-14-15-33(24)3)16-17-32(2)23-12-8-21(9-13-23)28-30-25-34(4)18-19-35(25)5/h6-15,18-19H,16-17H2,1-5H3/q+1/p+1/b29-27+. The Morgan fingerprint density at radius 2 is 1.29 bits per heavy atom. The first kappa shape index (κ1) is 23.8. The molecule has 35 heavy (non-hydrogen) atoms. The van der Waals surface area contributed by atoms with Crippen molar-refractivity contribution < 1.29 is 9.13 Å². The van der Waals surface area contributed by atoms with Crippen LogP contribution in [0.25, 0.3) is 0 Å². The molecule has 1 N–H and O–H groups in total. The molecule has 0 fully saturated rings. The summed E-state index contributed by atoms with van der Waals surface area (Å²) < 4.78 is 5.75. The third-order valence-electron chi connectivity index (χ3n) is 5.86. The lowest BCUT2D eigenvalue weighted by Crippen LogP contribution is -2.30. The number of aryl methyl sites for hydroxylation is 3. The number of imidazole rings is 2. The van der Waals surface area contributed by atoms with Crippen molar-refractivity contribution in [3.63, 3.8) is 0 Å². The van der Waals surface area contributed by atoms with E-state index in [1.54, 1.807) is 0 Å². The summed E-state index contributed by atoms with van der Waals surface area (Å²) >= 11 is 0. The number of anilines is 2. The number of benzene rings is 2. The van der Waals surface area contributed by atoms with Crippen LogP contribution in [0.3, 0.4) is 0 Å². The number of azo groups is 2. The summed E-state index contributed by atoms with van der Waals surface area (Å²) in [6, 6.07) is 16.2. The molecule has 4 aromatic rings. The Morgan fingerprint density at radius 3 is 1.74 bits per heavy atom. The molecule has 2 aromatic carbocycles. The van der Waals surface area contributed by atoms with Crippen LogP contribution in [0.1, 0.15) is 0 Å². The van der Waals surface area contributed by atoms with Crippen LogP contribution in [0.2, 0.25) is 0 Å². The van der Waals surface area contributed by atoms with Crippen molar-refractivity contribution in [2.75, 3.05) is 37.0 Å². The molecular weight excluding hydrogens is 440 g/mol. The van der Waals surface area contributed by atoms with Crippen molar-refractivity contribution in [3.8, 4) is 0 Å². The van der Waals surface area contributed by atoms with E-state index in [0.29, 0.717) is 5.95 Å². The summed E-state index contributed by atoms with van der Waals surface area (Å²) in [6.07, 6.45) is 7.63. The molecule has 0 saturated heterocycles. The molecule has 10 nitrogen and oxygen atoms in total. The van der Waals surface area contributed by atoms with E-state index in [0.717, 1.165) is 41.8 Å². The van der Waals surface area contributed by atoms with Crippen molar-refractivity contribution in [2.24, 2.45) is 41.6 Å². The number of nitrogens with one attached hydrogen (secondary N) is 1. The summed E-state index contributed by atoms with van der Waals surface area (Å²) in [4.78, 5) is 7.50. The van der Waals surface area contributed by atoms with E-state index in [2.05, 4.69) is 73.6 Å². The molecule has 0 unspecified atom stereocenters. The molecule has 0 atom stereocenters. The van der Waals surface area contributed by atoms with E-state index in [-0.39, 0.29) is 0 Å². The number of hydrogen-bond acceptors (Lipinski definition) is 6. The highest BCUT2D eigenvalue weighted by molar-refractivity contribution is 5.54. The highest BCUT2D eigenvalue weighted by Gasteiger charge is 2.11. The van der Waals surface area contributed by atoms with Gasteiger partial charge in [0.2, 0.25) is 0 Å². The molecular formula is C25H32N10+2. The van der Waals surface area contributed by atoms with Crippen LogP contribution in [-0.2, 0) is 21.1 Å². The van der Waals surface area contributed by atoms with Crippen molar-refractivity contribution in [2.45, 2.75) is 0 Å². The van der Waals surface area contributed by atoms with E-state index in [1.807, 2.05) is 83.9 Å². The summed E-state index contributed by atoms with van der Waals surface area (Å²) in [6.45, 7) is 1.75. The molecule has 2 heterocycles. The Labute approximate surface area is 205 Å². The van der Waals surface area contributed by atoms with Gasteiger partial charge in [-0.3, -0.25) is 0 Å². The molecule has 0 bridgehead atoms. The van der Waals surface area contributed by atoms with Gasteiger partial charge in [-0.1, -0.05) is 10.2 Å². The number of rotatable bonds is 9. The van der Waals surface area contributed by atoms with Crippen LogP contribution in [0, 0.1) is 0 Å². The molecule has 0 aliphatic heterocycles. The van der Waals surface area contributed by atoms with Gasteiger partial charge in [-0.25, -0.2) is 18.7 Å². The number of nitrogens with zero attached hydrogens (tertiary/aromatic N) is 9. The van der Waals surface area contributed by atoms with E-state index < -0.39 is 0 Å². The fourth-order valence-corrected chi connectivity index (χ4v) is 3.53. The summed E-state index contributed by atoms with van der Waals surface area (Å²) in [5.41, 5.74) is 3.90. The smallest absolute Gasteiger partial charge is 0.373 e. The van der Waals surface area contributed by atoms with Crippen molar-refractivity contribution in [1.29, 1.82) is 0 Å². The van der Waals surface area contributed by atoms with Gasteiger partial charge in [-0.15, -0.1) is 0 Å². The second-order valence-electron chi connectivity index (χ2n) is 8.49. The highest BCUT2D eigenvalue weighted by Crippen LogP contribution is 2.22. The van der Waals surface area contributed by atoms with Gasteiger partial charge in [0.1, 0.15) is 11.4 Å². The van der Waals surface area contributed by atoms with Gasteiger partial charge in [0.25, 0.3) is 0 Å². The average molecular weight is 473 g/mol. The third-order valence-corrected chi connectivity index (χ3v) is 5.86. The second kappa shape index (κ2) is 10.7. The average Bonchev–Trinajstić information content (AvgIpc) is 3.43. The lowest BCUT2D eigenvalue weighted by Gasteiger charge is -2.25. The topological polar surface area (TPSA) is 84.4 Å². The van der Waals surface area contributed by atoms with Gasteiger partial charge in [0.15, 0.2) is 0 Å². The quantitative estimate of drug-likeness (QED) is 0.289. The molecule has 10 heteroatoms. The Hall–Kier alpha value is -4.34.